The molecule has 0 saturated carbocycles. The van der Waals surface area contributed by atoms with Gasteiger partial charge in [-0.25, -0.2) is 0 Å². The van der Waals surface area contributed by atoms with Crippen LogP contribution in [0.2, 0.25) is 0 Å². The van der Waals surface area contributed by atoms with Crippen LogP contribution in [0.25, 0.3) is 0 Å². The number of hydrogen-bond donors (Lipinski definition) is 1. The maximum Gasteiger partial charge on any atom is 0.157 e. The van der Waals surface area contributed by atoms with E-state index >= 15 is 0 Å². The summed E-state index contributed by atoms with van der Waals surface area (Å²) in [5.41, 5.74) is 1.03. The van der Waals surface area contributed by atoms with E-state index < -0.39 is 6.10 Å². The SMILES string of the molecule is OC(CN=Cc1ccccc1)COC1CCCCO1. The second-order valence-corrected chi connectivity index (χ2v) is 4.69. The van der Waals surface area contributed by atoms with Gasteiger partial charge in [0.1, 0.15) is 0 Å². The molecule has 1 aliphatic heterocycles. The molecule has 1 N–H and O–H groups in total. The molecule has 0 spiro atoms. The molecule has 4 heteroatoms. The van der Waals surface area contributed by atoms with Crippen LogP contribution < -0.4 is 0 Å². The van der Waals surface area contributed by atoms with Crippen LogP contribution in [0.1, 0.15) is 24.8 Å². The van der Waals surface area contributed by atoms with Crippen LogP contribution in [0.15, 0.2) is 35.3 Å². The topological polar surface area (TPSA) is 51.1 Å². The maximum atomic E-state index is 9.76. The number of ether oxygens (including phenoxy) is 2. The predicted octanol–water partition coefficient (Wildman–Crippen LogP) is 2.01. The van der Waals surface area contributed by atoms with Crippen molar-refractivity contribution in [1.82, 2.24) is 0 Å². The van der Waals surface area contributed by atoms with Gasteiger partial charge in [0, 0.05) is 12.8 Å². The Labute approximate surface area is 114 Å². The number of rotatable bonds is 6. The van der Waals surface area contributed by atoms with Crippen molar-refractivity contribution in [1.29, 1.82) is 0 Å². The van der Waals surface area contributed by atoms with E-state index in [1.165, 1.54) is 0 Å². The van der Waals surface area contributed by atoms with Crippen molar-refractivity contribution in [3.05, 3.63) is 35.9 Å². The largest absolute Gasteiger partial charge is 0.389 e. The molecular weight excluding hydrogens is 242 g/mol. The van der Waals surface area contributed by atoms with Gasteiger partial charge < -0.3 is 14.6 Å². The first-order valence-corrected chi connectivity index (χ1v) is 6.81. The Balaban J connectivity index is 1.64. The van der Waals surface area contributed by atoms with Crippen molar-refractivity contribution in [2.24, 2.45) is 4.99 Å². The molecule has 19 heavy (non-hydrogen) atoms. The molecule has 1 saturated heterocycles. The number of aliphatic hydroxyl groups is 1. The fraction of sp³-hybridized carbons (Fsp3) is 0.533. The van der Waals surface area contributed by atoms with Gasteiger partial charge in [0.15, 0.2) is 6.29 Å². The lowest BCUT2D eigenvalue weighted by Gasteiger charge is -2.23. The summed E-state index contributed by atoms with van der Waals surface area (Å²) in [6, 6.07) is 9.83. The van der Waals surface area contributed by atoms with Gasteiger partial charge in [-0.15, -0.1) is 0 Å². The van der Waals surface area contributed by atoms with Crippen molar-refractivity contribution < 1.29 is 14.6 Å². The molecule has 1 aromatic rings. The molecule has 0 radical (unpaired) electrons. The lowest BCUT2D eigenvalue weighted by molar-refractivity contribution is -0.174. The highest BCUT2D eigenvalue weighted by atomic mass is 16.7. The zero-order valence-corrected chi connectivity index (χ0v) is 11.1. The zero-order chi connectivity index (χ0) is 13.3. The summed E-state index contributed by atoms with van der Waals surface area (Å²) >= 11 is 0. The van der Waals surface area contributed by atoms with Crippen LogP contribution in [-0.4, -0.2) is 43.5 Å². The normalized spacial score (nSPS) is 21.6. The van der Waals surface area contributed by atoms with Crippen LogP contribution in [0, 0.1) is 0 Å². The van der Waals surface area contributed by atoms with Gasteiger partial charge in [-0.1, -0.05) is 30.3 Å². The Bertz CT molecular complexity index is 374. The van der Waals surface area contributed by atoms with Gasteiger partial charge in [0.25, 0.3) is 0 Å². The molecule has 2 atom stereocenters. The van der Waals surface area contributed by atoms with E-state index in [-0.39, 0.29) is 12.9 Å². The highest BCUT2D eigenvalue weighted by molar-refractivity contribution is 5.79. The number of aliphatic imine (C=N–C) groups is 1. The van der Waals surface area contributed by atoms with E-state index in [9.17, 15) is 5.11 Å². The molecule has 0 bridgehead atoms. The second-order valence-electron chi connectivity index (χ2n) is 4.69. The van der Waals surface area contributed by atoms with Crippen molar-refractivity contribution in [3.8, 4) is 0 Å². The summed E-state index contributed by atoms with van der Waals surface area (Å²) in [6.45, 7) is 1.38. The van der Waals surface area contributed by atoms with Gasteiger partial charge in [-0.05, 0) is 24.8 Å². The van der Waals surface area contributed by atoms with Gasteiger partial charge in [0.2, 0.25) is 0 Å². The third-order valence-electron chi connectivity index (χ3n) is 2.97. The molecule has 0 amide bonds. The second kappa shape index (κ2) is 8.04. The summed E-state index contributed by atoms with van der Waals surface area (Å²) in [7, 11) is 0. The Morgan fingerprint density at radius 3 is 2.95 bits per heavy atom. The maximum absolute atomic E-state index is 9.76. The molecular formula is C15H21NO3. The fourth-order valence-corrected chi connectivity index (χ4v) is 1.93. The quantitative estimate of drug-likeness (QED) is 0.799. The summed E-state index contributed by atoms with van der Waals surface area (Å²) in [6.07, 6.45) is 4.18. The summed E-state index contributed by atoms with van der Waals surface area (Å²) < 4.78 is 10.9. The van der Waals surface area contributed by atoms with Gasteiger partial charge in [0.05, 0.1) is 19.3 Å². The molecule has 1 heterocycles. The smallest absolute Gasteiger partial charge is 0.157 e. The lowest BCUT2D eigenvalue weighted by Crippen LogP contribution is -2.28. The zero-order valence-electron chi connectivity index (χ0n) is 11.1. The first kappa shape index (κ1) is 14.2. The Morgan fingerprint density at radius 2 is 2.21 bits per heavy atom. The molecule has 1 aromatic carbocycles. The molecule has 1 fully saturated rings. The van der Waals surface area contributed by atoms with E-state index in [2.05, 4.69) is 4.99 Å². The minimum atomic E-state index is -0.578. The summed E-state index contributed by atoms with van der Waals surface area (Å²) in [4.78, 5) is 4.21. The number of hydrogen-bond acceptors (Lipinski definition) is 4. The van der Waals surface area contributed by atoms with E-state index in [0.29, 0.717) is 6.54 Å². The summed E-state index contributed by atoms with van der Waals surface area (Å²) in [5.74, 6) is 0. The number of aliphatic hydroxyl groups excluding tert-OH is 1. The Morgan fingerprint density at radius 1 is 1.37 bits per heavy atom. The monoisotopic (exact) mass is 263 g/mol. The van der Waals surface area contributed by atoms with Gasteiger partial charge in [-0.3, -0.25) is 4.99 Å². The molecule has 2 rings (SSSR count). The van der Waals surface area contributed by atoms with Crippen LogP contribution >= 0.6 is 0 Å². The van der Waals surface area contributed by atoms with Crippen LogP contribution in [0.4, 0.5) is 0 Å². The fourth-order valence-electron chi connectivity index (χ4n) is 1.93. The predicted molar refractivity (Wildman–Crippen MR) is 74.5 cm³/mol. The Kier molecular flexibility index (Phi) is 6.01. The average molecular weight is 263 g/mol. The van der Waals surface area contributed by atoms with E-state index in [1.807, 2.05) is 30.3 Å². The highest BCUT2D eigenvalue weighted by Crippen LogP contribution is 2.13. The van der Waals surface area contributed by atoms with Crippen molar-refractivity contribution in [2.75, 3.05) is 19.8 Å². The molecule has 4 nitrogen and oxygen atoms in total. The molecule has 0 aromatic heterocycles. The van der Waals surface area contributed by atoms with Crippen molar-refractivity contribution in [3.63, 3.8) is 0 Å². The van der Waals surface area contributed by atoms with Crippen molar-refractivity contribution >= 4 is 6.21 Å². The van der Waals surface area contributed by atoms with Gasteiger partial charge in [-0.2, -0.15) is 0 Å². The minimum Gasteiger partial charge on any atom is -0.389 e. The third-order valence-corrected chi connectivity index (χ3v) is 2.97. The van der Waals surface area contributed by atoms with Gasteiger partial charge >= 0.3 is 0 Å². The van der Waals surface area contributed by atoms with Crippen LogP contribution in [0.5, 0.6) is 0 Å². The number of nitrogens with zero attached hydrogens (tertiary/aromatic N) is 1. The van der Waals surface area contributed by atoms with Crippen LogP contribution in [-0.2, 0) is 9.47 Å². The Hall–Kier alpha value is -1.23. The summed E-state index contributed by atoms with van der Waals surface area (Å²) in [5, 5.41) is 9.76. The van der Waals surface area contributed by atoms with E-state index in [1.54, 1.807) is 6.21 Å². The lowest BCUT2D eigenvalue weighted by atomic mass is 10.2. The average Bonchev–Trinajstić information content (AvgIpc) is 2.47. The van der Waals surface area contributed by atoms with Crippen LogP contribution in [0.3, 0.4) is 0 Å². The molecule has 104 valence electrons. The molecule has 1 aliphatic rings. The molecule has 0 aliphatic carbocycles. The minimum absolute atomic E-state index is 0.151. The third kappa shape index (κ3) is 5.51. The standard InChI is InChI=1S/C15H21NO3/c17-14(12-19-15-8-4-5-9-18-15)11-16-10-13-6-2-1-3-7-13/h1-3,6-7,10,14-15,17H,4-5,8-9,11-12H2. The van der Waals surface area contributed by atoms with Crippen molar-refractivity contribution in [2.45, 2.75) is 31.7 Å². The highest BCUT2D eigenvalue weighted by Gasteiger charge is 2.15. The first-order chi connectivity index (χ1) is 9.34. The van der Waals surface area contributed by atoms with E-state index in [0.717, 1.165) is 31.4 Å². The first-order valence-electron chi connectivity index (χ1n) is 6.81. The van der Waals surface area contributed by atoms with E-state index in [4.69, 9.17) is 9.47 Å². The molecule has 2 unspecified atom stereocenters. The number of benzene rings is 1.